The molecular formula is C9H19NO3. The molecule has 0 heterocycles. The molecule has 0 bridgehead atoms. The highest BCUT2D eigenvalue weighted by atomic mass is 16.5. The van der Waals surface area contributed by atoms with Gasteiger partial charge < -0.3 is 15.0 Å². The number of hydrogen-bond donors (Lipinski definition) is 1. The number of carbonyl (C=O) groups is 1. The summed E-state index contributed by atoms with van der Waals surface area (Å²) in [6.07, 6.45) is 0. The first-order valence-corrected chi connectivity index (χ1v) is 4.35. The molecule has 13 heavy (non-hydrogen) atoms. The van der Waals surface area contributed by atoms with Gasteiger partial charge in [0.1, 0.15) is 0 Å². The second-order valence-corrected chi connectivity index (χ2v) is 4.77. The highest BCUT2D eigenvalue weighted by molar-refractivity contribution is 5.68. The number of likely N-dealkylation sites (N-methyl/N-ethyl adjacent to an activating group) is 1. The smallest absolute Gasteiger partial charge is 0.359 e. The van der Waals surface area contributed by atoms with Crippen LogP contribution in [0.2, 0.25) is 0 Å². The van der Waals surface area contributed by atoms with Gasteiger partial charge in [0.2, 0.25) is 0 Å². The number of carboxylic acid groups (broad SMARTS) is 1. The lowest BCUT2D eigenvalue weighted by molar-refractivity contribution is -0.884. The highest BCUT2D eigenvalue weighted by Crippen LogP contribution is 2.27. The molecule has 0 saturated heterocycles. The van der Waals surface area contributed by atoms with Gasteiger partial charge in [-0.05, 0) is 6.92 Å². The maximum Gasteiger partial charge on any atom is 0.359 e. The molecule has 0 aromatic heterocycles. The van der Waals surface area contributed by atoms with Gasteiger partial charge >= 0.3 is 5.97 Å². The molecular weight excluding hydrogens is 170 g/mol. The monoisotopic (exact) mass is 189 g/mol. The van der Waals surface area contributed by atoms with Crippen LogP contribution in [0.25, 0.3) is 0 Å². The van der Waals surface area contributed by atoms with Gasteiger partial charge in [0.25, 0.3) is 0 Å². The predicted octanol–water partition coefficient (Wildman–Crippen LogP) is 1.45. The van der Waals surface area contributed by atoms with E-state index in [9.17, 15) is 10.0 Å². The standard InChI is InChI=1S/C9H19NO3/c1-7(9(2,3)4)10(5,13)6-8(11)12/h7H,6H2,1-5H3,(H,11,12). The number of hydrogen-bond acceptors (Lipinski definition) is 2. The third-order valence-corrected chi connectivity index (χ3v) is 2.52. The van der Waals surface area contributed by atoms with Gasteiger partial charge in [-0.2, -0.15) is 0 Å². The van der Waals surface area contributed by atoms with E-state index in [0.717, 1.165) is 0 Å². The first kappa shape index (κ1) is 12.4. The summed E-state index contributed by atoms with van der Waals surface area (Å²) in [6.45, 7) is 7.23. The first-order valence-electron chi connectivity index (χ1n) is 4.35. The third kappa shape index (κ3) is 3.74. The lowest BCUT2D eigenvalue weighted by atomic mass is 9.87. The summed E-state index contributed by atoms with van der Waals surface area (Å²) < 4.78 is -0.723. The first-order chi connectivity index (χ1) is 5.57. The Morgan fingerprint density at radius 2 is 1.92 bits per heavy atom. The Morgan fingerprint density at radius 1 is 1.54 bits per heavy atom. The van der Waals surface area contributed by atoms with Crippen LogP contribution in [0.1, 0.15) is 27.7 Å². The molecule has 0 rings (SSSR count). The molecule has 0 aromatic rings. The minimum absolute atomic E-state index is 0.175. The average molecular weight is 189 g/mol. The Kier molecular flexibility index (Phi) is 3.47. The van der Waals surface area contributed by atoms with Gasteiger partial charge in [-0.3, -0.25) is 0 Å². The molecule has 0 saturated carbocycles. The van der Waals surface area contributed by atoms with Crippen LogP contribution in [0.3, 0.4) is 0 Å². The molecule has 0 aliphatic rings. The molecule has 78 valence electrons. The fourth-order valence-corrected chi connectivity index (χ4v) is 1.22. The van der Waals surface area contributed by atoms with Crippen molar-refractivity contribution in [2.75, 3.05) is 13.6 Å². The van der Waals surface area contributed by atoms with Crippen LogP contribution in [-0.4, -0.2) is 35.4 Å². The Labute approximate surface area is 79.3 Å². The van der Waals surface area contributed by atoms with Crippen LogP contribution in [0.15, 0.2) is 0 Å². The number of carboxylic acids is 1. The fraction of sp³-hybridized carbons (Fsp3) is 0.889. The van der Waals surface area contributed by atoms with Crippen molar-refractivity contribution in [3.63, 3.8) is 0 Å². The van der Waals surface area contributed by atoms with Crippen molar-refractivity contribution in [2.24, 2.45) is 5.41 Å². The van der Waals surface area contributed by atoms with Crippen molar-refractivity contribution in [2.45, 2.75) is 33.7 Å². The summed E-state index contributed by atoms with van der Waals surface area (Å²) in [4.78, 5) is 10.4. The maximum absolute atomic E-state index is 11.8. The van der Waals surface area contributed by atoms with E-state index in [4.69, 9.17) is 5.11 Å². The van der Waals surface area contributed by atoms with Gasteiger partial charge in [-0.15, -0.1) is 0 Å². The zero-order chi connectivity index (χ0) is 10.9. The van der Waals surface area contributed by atoms with Crippen molar-refractivity contribution in [1.29, 1.82) is 0 Å². The number of nitrogens with zero attached hydrogens (tertiary/aromatic N) is 1. The van der Waals surface area contributed by atoms with Crippen molar-refractivity contribution >= 4 is 5.97 Å². The van der Waals surface area contributed by atoms with Crippen molar-refractivity contribution < 1.29 is 14.5 Å². The van der Waals surface area contributed by atoms with Crippen molar-refractivity contribution in [1.82, 2.24) is 0 Å². The van der Waals surface area contributed by atoms with E-state index >= 15 is 0 Å². The van der Waals surface area contributed by atoms with Gasteiger partial charge in [0.15, 0.2) is 6.54 Å². The molecule has 4 heteroatoms. The maximum atomic E-state index is 11.8. The zero-order valence-electron chi connectivity index (χ0n) is 9.00. The molecule has 0 amide bonds. The molecule has 0 aliphatic heterocycles. The van der Waals surface area contributed by atoms with Gasteiger partial charge in [-0.25, -0.2) is 4.79 Å². The molecule has 0 aliphatic carbocycles. The molecule has 4 nitrogen and oxygen atoms in total. The SMILES string of the molecule is CC(C(C)(C)C)[N+](C)([O-])CC(=O)O. The largest absolute Gasteiger partial charge is 0.632 e. The minimum atomic E-state index is -1.05. The Bertz CT molecular complexity index is 194. The minimum Gasteiger partial charge on any atom is -0.632 e. The number of hydroxylamine groups is 3. The molecule has 2 unspecified atom stereocenters. The summed E-state index contributed by atoms with van der Waals surface area (Å²) in [6, 6.07) is -0.233. The van der Waals surface area contributed by atoms with Gasteiger partial charge in [0.05, 0.1) is 13.1 Å². The van der Waals surface area contributed by atoms with E-state index in [1.807, 2.05) is 20.8 Å². The third-order valence-electron chi connectivity index (χ3n) is 2.52. The number of aliphatic carboxylic acids is 1. The Morgan fingerprint density at radius 3 is 2.15 bits per heavy atom. The van der Waals surface area contributed by atoms with Gasteiger partial charge in [-0.1, -0.05) is 20.8 Å². The molecule has 0 aromatic carbocycles. The molecule has 2 atom stereocenters. The molecule has 0 fully saturated rings. The highest BCUT2D eigenvalue weighted by Gasteiger charge is 2.33. The Hall–Kier alpha value is -0.610. The van der Waals surface area contributed by atoms with E-state index in [1.165, 1.54) is 7.05 Å². The average Bonchev–Trinajstić information content (AvgIpc) is 1.80. The Balaban J connectivity index is 4.54. The van der Waals surface area contributed by atoms with Crippen LogP contribution in [-0.2, 0) is 4.79 Å². The van der Waals surface area contributed by atoms with E-state index < -0.39 is 10.6 Å². The van der Waals surface area contributed by atoms with E-state index in [-0.39, 0.29) is 18.0 Å². The van der Waals surface area contributed by atoms with E-state index in [1.54, 1.807) is 6.92 Å². The lowest BCUT2D eigenvalue weighted by Gasteiger charge is -2.48. The normalized spacial score (nSPS) is 19.2. The van der Waals surface area contributed by atoms with E-state index in [2.05, 4.69) is 0 Å². The predicted molar refractivity (Wildman–Crippen MR) is 51.0 cm³/mol. The second-order valence-electron chi connectivity index (χ2n) is 4.77. The molecule has 0 radical (unpaired) electrons. The summed E-state index contributed by atoms with van der Waals surface area (Å²) in [7, 11) is 1.41. The summed E-state index contributed by atoms with van der Waals surface area (Å²) >= 11 is 0. The molecule has 0 spiro atoms. The molecule has 1 N–H and O–H groups in total. The topological polar surface area (TPSA) is 60.4 Å². The zero-order valence-corrected chi connectivity index (χ0v) is 9.00. The van der Waals surface area contributed by atoms with Crippen molar-refractivity contribution in [3.8, 4) is 0 Å². The number of quaternary nitrogens is 1. The second kappa shape index (κ2) is 3.64. The summed E-state index contributed by atoms with van der Waals surface area (Å²) in [5.41, 5.74) is -0.175. The van der Waals surface area contributed by atoms with Crippen LogP contribution < -0.4 is 0 Å². The van der Waals surface area contributed by atoms with Crippen LogP contribution in [0.5, 0.6) is 0 Å². The number of rotatable bonds is 3. The van der Waals surface area contributed by atoms with Gasteiger partial charge in [0, 0.05) is 5.41 Å². The summed E-state index contributed by atoms with van der Waals surface area (Å²) in [5, 5.41) is 20.4. The van der Waals surface area contributed by atoms with Crippen LogP contribution in [0, 0.1) is 10.6 Å². The van der Waals surface area contributed by atoms with Crippen LogP contribution >= 0.6 is 0 Å². The van der Waals surface area contributed by atoms with E-state index in [0.29, 0.717) is 0 Å². The van der Waals surface area contributed by atoms with Crippen LogP contribution in [0.4, 0.5) is 0 Å². The lowest BCUT2D eigenvalue weighted by Crippen LogP contribution is -2.54. The quantitative estimate of drug-likeness (QED) is 0.540. The van der Waals surface area contributed by atoms with Crippen molar-refractivity contribution in [3.05, 3.63) is 5.21 Å². The summed E-state index contributed by atoms with van der Waals surface area (Å²) in [5.74, 6) is -1.05. The fourth-order valence-electron chi connectivity index (χ4n) is 1.22.